The third-order valence-electron chi connectivity index (χ3n) is 4.86. The van der Waals surface area contributed by atoms with Crippen molar-refractivity contribution in [3.63, 3.8) is 0 Å². The van der Waals surface area contributed by atoms with E-state index in [4.69, 9.17) is 4.52 Å². The van der Waals surface area contributed by atoms with Crippen LogP contribution in [0.25, 0.3) is 22.6 Å². The normalized spacial score (nSPS) is 15.5. The number of pyridine rings is 1. The molecule has 1 aromatic carbocycles. The number of hydrogen-bond donors (Lipinski definition) is 0. The molecule has 0 atom stereocenters. The topological polar surface area (TPSA) is 59.2 Å². The Morgan fingerprint density at radius 1 is 1.08 bits per heavy atom. The molecular weight excluding hydrogens is 314 g/mol. The number of benzene rings is 1. The van der Waals surface area contributed by atoms with Crippen molar-refractivity contribution in [3.05, 3.63) is 53.9 Å². The predicted molar refractivity (Wildman–Crippen MR) is 96.3 cm³/mol. The molecule has 1 aliphatic rings. The van der Waals surface area contributed by atoms with Crippen LogP contribution in [-0.4, -0.2) is 23.1 Å². The van der Waals surface area contributed by atoms with Gasteiger partial charge in [0.25, 0.3) is 0 Å². The summed E-state index contributed by atoms with van der Waals surface area (Å²) in [7, 11) is 1.81. The first-order valence-corrected chi connectivity index (χ1v) is 8.21. The van der Waals surface area contributed by atoms with Gasteiger partial charge in [0, 0.05) is 41.8 Å². The Morgan fingerprint density at radius 2 is 1.88 bits per heavy atom. The summed E-state index contributed by atoms with van der Waals surface area (Å²) in [5.41, 5.74) is 5.04. The van der Waals surface area contributed by atoms with Crippen molar-refractivity contribution in [2.24, 2.45) is 0 Å². The first-order chi connectivity index (χ1) is 11.9. The lowest BCUT2D eigenvalue weighted by Gasteiger charge is -2.16. The molecule has 1 amide bonds. The van der Waals surface area contributed by atoms with Crippen molar-refractivity contribution < 1.29 is 9.32 Å². The largest absolute Gasteiger partial charge is 0.356 e. The Morgan fingerprint density at radius 3 is 2.64 bits per heavy atom. The number of hydrogen-bond acceptors (Lipinski definition) is 4. The molecule has 0 aliphatic carbocycles. The average molecular weight is 333 g/mol. The number of aromatic nitrogens is 2. The summed E-state index contributed by atoms with van der Waals surface area (Å²) in [6.45, 7) is 5.85. The van der Waals surface area contributed by atoms with E-state index in [-0.39, 0.29) is 5.91 Å². The first-order valence-electron chi connectivity index (χ1n) is 8.21. The van der Waals surface area contributed by atoms with Gasteiger partial charge in [0.2, 0.25) is 5.91 Å². The van der Waals surface area contributed by atoms with Gasteiger partial charge in [-0.25, -0.2) is 0 Å². The molecule has 126 valence electrons. The number of carbonyl (C=O) groups excluding carboxylic acids is 1. The lowest BCUT2D eigenvalue weighted by Crippen LogP contribution is -2.33. The summed E-state index contributed by atoms with van der Waals surface area (Å²) in [5.74, 6) is 0.781. The van der Waals surface area contributed by atoms with Crippen LogP contribution in [0, 0.1) is 6.92 Å². The van der Waals surface area contributed by atoms with Gasteiger partial charge in [0.15, 0.2) is 5.76 Å². The second kappa shape index (κ2) is 5.28. The van der Waals surface area contributed by atoms with Gasteiger partial charge in [-0.1, -0.05) is 17.3 Å². The summed E-state index contributed by atoms with van der Waals surface area (Å²) in [6.07, 6.45) is 1.76. The van der Waals surface area contributed by atoms with Crippen LogP contribution in [0.1, 0.15) is 25.1 Å². The molecule has 1 aliphatic heterocycles. The van der Waals surface area contributed by atoms with Crippen LogP contribution in [0.15, 0.2) is 47.1 Å². The standard InChI is InChI=1S/C20H19N3O2/c1-12-9-13(7-8-21-12)16-11-18(25-22-16)14-5-6-15-17(10-14)23(4)19(24)20(15,2)3/h5-11H,1-4H3. The molecule has 4 rings (SSSR count). The highest BCUT2D eigenvalue weighted by Crippen LogP contribution is 2.42. The summed E-state index contributed by atoms with van der Waals surface area (Å²) < 4.78 is 5.54. The molecule has 0 radical (unpaired) electrons. The summed E-state index contributed by atoms with van der Waals surface area (Å²) >= 11 is 0. The van der Waals surface area contributed by atoms with E-state index in [2.05, 4.69) is 10.1 Å². The number of fused-ring (bicyclic) bond motifs is 1. The predicted octanol–water partition coefficient (Wildman–Crippen LogP) is 3.97. The van der Waals surface area contributed by atoms with E-state index >= 15 is 0 Å². The molecule has 0 N–H and O–H groups in total. The van der Waals surface area contributed by atoms with Crippen molar-refractivity contribution in [1.82, 2.24) is 10.1 Å². The van der Waals surface area contributed by atoms with Gasteiger partial charge in [-0.05, 0) is 44.5 Å². The van der Waals surface area contributed by atoms with Crippen molar-refractivity contribution >= 4 is 11.6 Å². The van der Waals surface area contributed by atoms with Gasteiger partial charge in [-0.3, -0.25) is 9.78 Å². The Kier molecular flexibility index (Phi) is 3.29. The van der Waals surface area contributed by atoms with E-state index in [0.29, 0.717) is 5.76 Å². The Balaban J connectivity index is 1.74. The lowest BCUT2D eigenvalue weighted by atomic mass is 9.86. The molecule has 2 aromatic heterocycles. The number of anilines is 1. The fraction of sp³-hybridized carbons (Fsp3) is 0.250. The van der Waals surface area contributed by atoms with Crippen LogP contribution in [0.4, 0.5) is 5.69 Å². The highest BCUT2D eigenvalue weighted by Gasteiger charge is 2.42. The molecule has 0 saturated heterocycles. The molecule has 0 saturated carbocycles. The highest BCUT2D eigenvalue weighted by atomic mass is 16.5. The quantitative estimate of drug-likeness (QED) is 0.712. The smallest absolute Gasteiger partial charge is 0.236 e. The number of carbonyl (C=O) groups is 1. The third-order valence-corrected chi connectivity index (χ3v) is 4.86. The monoisotopic (exact) mass is 333 g/mol. The molecule has 3 aromatic rings. The number of likely N-dealkylation sites (N-methyl/N-ethyl adjacent to an activating group) is 1. The van der Waals surface area contributed by atoms with Gasteiger partial charge >= 0.3 is 0 Å². The number of aryl methyl sites for hydroxylation is 1. The summed E-state index contributed by atoms with van der Waals surface area (Å²) in [6, 6.07) is 11.8. The van der Waals surface area contributed by atoms with Gasteiger partial charge < -0.3 is 9.42 Å². The zero-order valence-electron chi connectivity index (χ0n) is 14.7. The van der Waals surface area contributed by atoms with Gasteiger partial charge in [-0.2, -0.15) is 0 Å². The SMILES string of the molecule is Cc1cc(-c2cc(-c3ccc4c(c3)N(C)C(=O)C4(C)C)on2)ccn1. The zero-order chi connectivity index (χ0) is 17.8. The van der Waals surface area contributed by atoms with E-state index < -0.39 is 5.41 Å². The minimum atomic E-state index is -0.496. The molecule has 3 heterocycles. The molecule has 25 heavy (non-hydrogen) atoms. The minimum absolute atomic E-state index is 0.102. The Hall–Kier alpha value is -2.95. The van der Waals surface area contributed by atoms with Gasteiger partial charge in [-0.15, -0.1) is 0 Å². The maximum atomic E-state index is 12.4. The van der Waals surface area contributed by atoms with Crippen molar-refractivity contribution in [2.45, 2.75) is 26.2 Å². The van der Waals surface area contributed by atoms with Crippen LogP contribution in [-0.2, 0) is 10.2 Å². The van der Waals surface area contributed by atoms with Crippen molar-refractivity contribution in [1.29, 1.82) is 0 Å². The van der Waals surface area contributed by atoms with E-state index in [1.807, 2.05) is 64.2 Å². The van der Waals surface area contributed by atoms with Crippen molar-refractivity contribution in [3.8, 4) is 22.6 Å². The van der Waals surface area contributed by atoms with Crippen LogP contribution >= 0.6 is 0 Å². The average Bonchev–Trinajstić information content (AvgIpc) is 3.15. The van der Waals surface area contributed by atoms with E-state index in [0.717, 1.165) is 33.8 Å². The first kappa shape index (κ1) is 15.6. The Bertz CT molecular complexity index is 988. The lowest BCUT2D eigenvalue weighted by molar-refractivity contribution is -0.121. The highest BCUT2D eigenvalue weighted by molar-refractivity contribution is 6.07. The van der Waals surface area contributed by atoms with Crippen molar-refractivity contribution in [2.75, 3.05) is 11.9 Å². The van der Waals surface area contributed by atoms with Crippen LogP contribution < -0.4 is 4.90 Å². The van der Waals surface area contributed by atoms with E-state index in [9.17, 15) is 4.79 Å². The van der Waals surface area contributed by atoms with Gasteiger partial charge in [0.05, 0.1) is 5.41 Å². The van der Waals surface area contributed by atoms with Crippen LogP contribution in [0.2, 0.25) is 0 Å². The van der Waals surface area contributed by atoms with E-state index in [1.54, 1.807) is 11.1 Å². The summed E-state index contributed by atoms with van der Waals surface area (Å²) in [4.78, 5) is 18.4. The fourth-order valence-electron chi connectivity index (χ4n) is 3.39. The molecule has 0 bridgehead atoms. The maximum absolute atomic E-state index is 12.4. The van der Waals surface area contributed by atoms with Crippen LogP contribution in [0.5, 0.6) is 0 Å². The van der Waals surface area contributed by atoms with Gasteiger partial charge in [0.1, 0.15) is 5.69 Å². The summed E-state index contributed by atoms with van der Waals surface area (Å²) in [5, 5.41) is 4.18. The fourth-order valence-corrected chi connectivity index (χ4v) is 3.39. The molecule has 5 nitrogen and oxygen atoms in total. The minimum Gasteiger partial charge on any atom is -0.356 e. The third kappa shape index (κ3) is 2.35. The second-order valence-corrected chi connectivity index (χ2v) is 6.98. The molecule has 5 heteroatoms. The second-order valence-electron chi connectivity index (χ2n) is 6.98. The molecule has 0 spiro atoms. The Labute approximate surface area is 146 Å². The number of nitrogens with zero attached hydrogens (tertiary/aromatic N) is 3. The molecule has 0 unspecified atom stereocenters. The maximum Gasteiger partial charge on any atom is 0.236 e. The molecule has 0 fully saturated rings. The van der Waals surface area contributed by atoms with E-state index in [1.165, 1.54) is 0 Å². The number of amides is 1. The zero-order valence-corrected chi connectivity index (χ0v) is 14.7. The van der Waals surface area contributed by atoms with Crippen LogP contribution in [0.3, 0.4) is 0 Å². The number of rotatable bonds is 2. The molecular formula is C20H19N3O2.